The van der Waals surface area contributed by atoms with Gasteiger partial charge in [0.05, 0.1) is 6.42 Å². The van der Waals surface area contributed by atoms with Crippen molar-refractivity contribution in [1.82, 2.24) is 0 Å². The topological polar surface area (TPSA) is 78.4 Å². The van der Waals surface area contributed by atoms with Gasteiger partial charge in [0.15, 0.2) is 0 Å². The van der Waals surface area contributed by atoms with Crippen LogP contribution < -0.4 is 10.6 Å². The smallest absolute Gasteiger partial charge is 0.323 e. The van der Waals surface area contributed by atoms with E-state index >= 15 is 0 Å². The molecule has 24 heavy (non-hydrogen) atoms. The summed E-state index contributed by atoms with van der Waals surface area (Å²) in [6.45, 7) is 6.41. The van der Waals surface area contributed by atoms with Gasteiger partial charge in [0.2, 0.25) is 0 Å². The van der Waals surface area contributed by atoms with Gasteiger partial charge < -0.3 is 15.7 Å². The minimum atomic E-state index is -0.882. The summed E-state index contributed by atoms with van der Waals surface area (Å²) in [6, 6.07) is 14.1. The van der Waals surface area contributed by atoms with Gasteiger partial charge in [-0.25, -0.2) is 4.79 Å². The SMILES string of the molecule is CC(C)(C)c1ccc(NC(=O)Nc2ccc(CC(=O)O)cc2)cc1. The Morgan fingerprint density at radius 3 is 1.75 bits per heavy atom. The zero-order valence-corrected chi connectivity index (χ0v) is 14.1. The molecule has 0 aromatic heterocycles. The molecule has 3 N–H and O–H groups in total. The lowest BCUT2D eigenvalue weighted by Crippen LogP contribution is -2.19. The molecule has 0 saturated heterocycles. The van der Waals surface area contributed by atoms with E-state index < -0.39 is 5.97 Å². The number of carbonyl (C=O) groups excluding carboxylic acids is 1. The van der Waals surface area contributed by atoms with Crippen LogP contribution in [0, 0.1) is 0 Å². The fourth-order valence-electron chi connectivity index (χ4n) is 2.23. The Labute approximate surface area is 141 Å². The minimum absolute atomic E-state index is 0.0351. The first-order valence-electron chi connectivity index (χ1n) is 7.73. The average Bonchev–Trinajstić information content (AvgIpc) is 2.48. The fourth-order valence-corrected chi connectivity index (χ4v) is 2.23. The van der Waals surface area contributed by atoms with Crippen molar-refractivity contribution >= 4 is 23.4 Å². The van der Waals surface area contributed by atoms with Crippen LogP contribution in [0.5, 0.6) is 0 Å². The highest BCUT2D eigenvalue weighted by Gasteiger charge is 2.13. The van der Waals surface area contributed by atoms with Gasteiger partial charge in [-0.2, -0.15) is 0 Å². The highest BCUT2D eigenvalue weighted by atomic mass is 16.4. The van der Waals surface area contributed by atoms with E-state index in [-0.39, 0.29) is 17.9 Å². The second kappa shape index (κ2) is 7.17. The van der Waals surface area contributed by atoms with Gasteiger partial charge in [-0.05, 0) is 40.8 Å². The van der Waals surface area contributed by atoms with Gasteiger partial charge in [-0.3, -0.25) is 4.79 Å². The van der Waals surface area contributed by atoms with E-state index in [2.05, 4.69) is 31.4 Å². The Hall–Kier alpha value is -2.82. The van der Waals surface area contributed by atoms with Crippen molar-refractivity contribution in [2.45, 2.75) is 32.6 Å². The molecule has 2 amide bonds. The van der Waals surface area contributed by atoms with Crippen molar-refractivity contribution in [2.24, 2.45) is 0 Å². The number of carboxylic acids is 1. The molecule has 126 valence electrons. The predicted molar refractivity (Wildman–Crippen MR) is 95.6 cm³/mol. The summed E-state index contributed by atoms with van der Waals surface area (Å²) < 4.78 is 0. The molecule has 5 nitrogen and oxygen atoms in total. The molecular weight excluding hydrogens is 304 g/mol. The minimum Gasteiger partial charge on any atom is -0.481 e. The second-order valence-electron chi connectivity index (χ2n) is 6.67. The van der Waals surface area contributed by atoms with Crippen molar-refractivity contribution in [2.75, 3.05) is 10.6 Å². The Balaban J connectivity index is 1.94. The maximum Gasteiger partial charge on any atom is 0.323 e. The van der Waals surface area contributed by atoms with Gasteiger partial charge in [-0.15, -0.1) is 0 Å². The zero-order chi connectivity index (χ0) is 17.7. The van der Waals surface area contributed by atoms with Crippen LogP contribution in [0.2, 0.25) is 0 Å². The molecule has 0 unspecified atom stereocenters. The van der Waals surface area contributed by atoms with E-state index in [0.717, 1.165) is 0 Å². The molecule has 0 radical (unpaired) electrons. The number of hydrogen-bond donors (Lipinski definition) is 3. The Morgan fingerprint density at radius 2 is 1.33 bits per heavy atom. The van der Waals surface area contributed by atoms with Gasteiger partial charge in [-0.1, -0.05) is 45.0 Å². The van der Waals surface area contributed by atoms with Crippen molar-refractivity contribution < 1.29 is 14.7 Å². The lowest BCUT2D eigenvalue weighted by molar-refractivity contribution is -0.136. The van der Waals surface area contributed by atoms with Gasteiger partial charge in [0, 0.05) is 11.4 Å². The van der Waals surface area contributed by atoms with Crippen LogP contribution >= 0.6 is 0 Å². The third-order valence-electron chi connectivity index (χ3n) is 3.58. The molecule has 0 aliphatic carbocycles. The molecule has 0 bridgehead atoms. The maximum absolute atomic E-state index is 12.0. The maximum atomic E-state index is 12.0. The fraction of sp³-hybridized carbons (Fsp3) is 0.263. The number of amides is 2. The number of hydrogen-bond acceptors (Lipinski definition) is 2. The monoisotopic (exact) mass is 326 g/mol. The molecule has 2 aromatic carbocycles. The number of aliphatic carboxylic acids is 1. The van der Waals surface area contributed by atoms with E-state index in [1.807, 2.05) is 24.3 Å². The van der Waals surface area contributed by atoms with Crippen LogP contribution in [0.3, 0.4) is 0 Å². The molecule has 2 rings (SSSR count). The summed E-state index contributed by atoms with van der Waals surface area (Å²) in [5, 5.41) is 14.2. The lowest BCUT2D eigenvalue weighted by atomic mass is 9.87. The first kappa shape index (κ1) is 17.5. The normalized spacial score (nSPS) is 11.0. The lowest BCUT2D eigenvalue weighted by Gasteiger charge is -2.19. The molecule has 0 aliphatic heterocycles. The average molecular weight is 326 g/mol. The van der Waals surface area contributed by atoms with Gasteiger partial charge in [0.25, 0.3) is 0 Å². The number of benzene rings is 2. The van der Waals surface area contributed by atoms with Crippen molar-refractivity contribution in [1.29, 1.82) is 0 Å². The molecule has 0 atom stereocenters. The third kappa shape index (κ3) is 5.12. The summed E-state index contributed by atoms with van der Waals surface area (Å²) in [4.78, 5) is 22.7. The van der Waals surface area contributed by atoms with Gasteiger partial charge in [0.1, 0.15) is 0 Å². The highest BCUT2D eigenvalue weighted by Crippen LogP contribution is 2.23. The Bertz CT molecular complexity index is 714. The third-order valence-corrected chi connectivity index (χ3v) is 3.58. The molecule has 0 spiro atoms. The number of urea groups is 1. The Kier molecular flexibility index (Phi) is 5.24. The molecule has 2 aromatic rings. The standard InChI is InChI=1S/C19H22N2O3/c1-19(2,3)14-6-10-16(11-7-14)21-18(24)20-15-8-4-13(5-9-15)12-17(22)23/h4-11H,12H2,1-3H3,(H,22,23)(H2,20,21,24). The van der Waals surface area contributed by atoms with E-state index in [0.29, 0.717) is 16.9 Å². The first-order chi connectivity index (χ1) is 11.2. The van der Waals surface area contributed by atoms with Crippen LogP contribution in [-0.4, -0.2) is 17.1 Å². The number of anilines is 2. The Morgan fingerprint density at radius 1 is 0.875 bits per heavy atom. The highest BCUT2D eigenvalue weighted by molar-refractivity contribution is 5.99. The number of nitrogens with one attached hydrogen (secondary N) is 2. The quantitative estimate of drug-likeness (QED) is 0.785. The molecule has 0 saturated carbocycles. The van der Waals surface area contributed by atoms with Crippen LogP contribution in [0.25, 0.3) is 0 Å². The number of carbonyl (C=O) groups is 2. The predicted octanol–water partition coefficient (Wildman–Crippen LogP) is 4.26. The zero-order valence-electron chi connectivity index (χ0n) is 14.1. The largest absolute Gasteiger partial charge is 0.481 e. The summed E-state index contributed by atoms with van der Waals surface area (Å²) >= 11 is 0. The van der Waals surface area contributed by atoms with Crippen LogP contribution in [-0.2, 0) is 16.6 Å². The van der Waals surface area contributed by atoms with Crippen molar-refractivity contribution in [3.8, 4) is 0 Å². The van der Waals surface area contributed by atoms with Crippen molar-refractivity contribution in [3.63, 3.8) is 0 Å². The van der Waals surface area contributed by atoms with Crippen LogP contribution in [0.4, 0.5) is 16.2 Å². The van der Waals surface area contributed by atoms with Crippen LogP contribution in [0.1, 0.15) is 31.9 Å². The van der Waals surface area contributed by atoms with Gasteiger partial charge >= 0.3 is 12.0 Å². The summed E-state index contributed by atoms with van der Waals surface area (Å²) in [5.41, 5.74) is 3.27. The molecular formula is C19H22N2O3. The van der Waals surface area contributed by atoms with Crippen molar-refractivity contribution in [3.05, 3.63) is 59.7 Å². The molecule has 5 heteroatoms. The first-order valence-corrected chi connectivity index (χ1v) is 7.73. The van der Waals surface area contributed by atoms with E-state index in [9.17, 15) is 9.59 Å². The molecule has 0 aliphatic rings. The van der Waals surface area contributed by atoms with E-state index in [1.54, 1.807) is 24.3 Å². The summed E-state index contributed by atoms with van der Waals surface area (Å²) in [5.74, 6) is -0.882. The van der Waals surface area contributed by atoms with Crippen LogP contribution in [0.15, 0.2) is 48.5 Å². The number of rotatable bonds is 4. The number of carboxylic acid groups (broad SMARTS) is 1. The summed E-state index contributed by atoms with van der Waals surface area (Å²) in [7, 11) is 0. The van der Waals surface area contributed by atoms with E-state index in [4.69, 9.17) is 5.11 Å². The second-order valence-corrected chi connectivity index (χ2v) is 6.67. The van der Waals surface area contributed by atoms with E-state index in [1.165, 1.54) is 5.56 Å². The summed E-state index contributed by atoms with van der Waals surface area (Å²) in [6.07, 6.45) is -0.0351. The molecule has 0 heterocycles. The molecule has 0 fully saturated rings.